The fourth-order valence-corrected chi connectivity index (χ4v) is 8.27. The first-order valence-corrected chi connectivity index (χ1v) is 26.4. The van der Waals surface area contributed by atoms with Crippen LogP contribution in [0.4, 0.5) is 0 Å². The zero-order valence-corrected chi connectivity index (χ0v) is 39.0. The molecule has 0 aromatic heterocycles. The van der Waals surface area contributed by atoms with Gasteiger partial charge in [0.2, 0.25) is 0 Å². The van der Waals surface area contributed by atoms with Gasteiger partial charge in [0.15, 0.2) is 0 Å². The molecule has 0 bridgehead atoms. The van der Waals surface area contributed by atoms with Gasteiger partial charge < -0.3 is 24.8 Å². The Morgan fingerprint density at radius 2 is 0.857 bits per heavy atom. The third-order valence-electron chi connectivity index (χ3n) is 11.1. The van der Waals surface area contributed by atoms with Crippen LogP contribution in [0.1, 0.15) is 100 Å². The van der Waals surface area contributed by atoms with Crippen LogP contribution in [0.3, 0.4) is 0 Å². The molecule has 0 saturated carbocycles. The van der Waals surface area contributed by atoms with Crippen molar-refractivity contribution in [3.63, 3.8) is 0 Å². The minimum Gasteiger partial charge on any atom is -1.00 e. The largest absolute Gasteiger partial charge is 1.00 e. The van der Waals surface area contributed by atoms with Crippen molar-refractivity contribution >= 4 is 39.1 Å². The van der Waals surface area contributed by atoms with Crippen LogP contribution in [-0.2, 0) is 23.3 Å². The Bertz CT molecular complexity index is 2100. The molecule has 8 rings (SSSR count). The molecule has 0 N–H and O–H groups in total. The smallest absolute Gasteiger partial charge is 1.00 e. The molecule has 2 aliphatic carbocycles. The van der Waals surface area contributed by atoms with Crippen LogP contribution in [0.2, 0.25) is 13.1 Å². The van der Waals surface area contributed by atoms with E-state index in [0.29, 0.717) is 23.7 Å². The molecule has 0 heterocycles. The third kappa shape index (κ3) is 10.7. The summed E-state index contributed by atoms with van der Waals surface area (Å²) in [5.41, 5.74) is 11.2. The van der Waals surface area contributed by atoms with E-state index >= 15 is 0 Å². The van der Waals surface area contributed by atoms with Gasteiger partial charge in [0.05, 0.1) is 0 Å². The Morgan fingerprint density at radius 1 is 0.518 bits per heavy atom. The van der Waals surface area contributed by atoms with Crippen LogP contribution in [0.5, 0.6) is 0 Å². The predicted molar refractivity (Wildman–Crippen MR) is 235 cm³/mol. The Labute approximate surface area is 365 Å². The quantitative estimate of drug-likeness (QED) is 0.0952. The zero-order chi connectivity index (χ0) is 38.0. The molecule has 56 heavy (non-hydrogen) atoms. The fourth-order valence-electron chi connectivity index (χ4n) is 8.27. The maximum Gasteiger partial charge on any atom is -1.00 e. The van der Waals surface area contributed by atoms with Crippen LogP contribution in [0.25, 0.3) is 56.0 Å². The second-order valence-corrected chi connectivity index (χ2v) is 24.9. The summed E-state index contributed by atoms with van der Waals surface area (Å²) in [5.74, 6) is 2.19. The number of unbranched alkanes of at least 4 members (excludes halogenated alkanes) is 2. The van der Waals surface area contributed by atoms with Crippen molar-refractivity contribution in [2.45, 2.75) is 91.1 Å². The summed E-state index contributed by atoms with van der Waals surface area (Å²) in [6, 6.07) is 44.1. The van der Waals surface area contributed by atoms with Crippen molar-refractivity contribution in [3.8, 4) is 22.3 Å². The monoisotopic (exact) mass is 868 g/mol. The van der Waals surface area contributed by atoms with E-state index in [4.69, 9.17) is 0 Å². The molecular weight excluding hydrogens is 815 g/mol. The molecule has 0 amide bonds. The molecule has 0 aliphatic heterocycles. The topological polar surface area (TPSA) is 0 Å². The van der Waals surface area contributed by atoms with E-state index in [9.17, 15) is 0 Å². The number of allylic oxidation sites excluding steroid dienone is 2. The normalized spacial score (nSPS) is 15.6. The molecule has 0 radical (unpaired) electrons. The summed E-state index contributed by atoms with van der Waals surface area (Å²) in [5, 5.41) is 5.26. The first-order valence-electron chi connectivity index (χ1n) is 20.2. The summed E-state index contributed by atoms with van der Waals surface area (Å²) in [4.78, 5) is 0. The molecule has 4 unspecified atom stereocenters. The van der Waals surface area contributed by atoms with Crippen molar-refractivity contribution in [1.82, 2.24) is 0 Å². The Balaban J connectivity index is 0.000000220. The van der Waals surface area contributed by atoms with Gasteiger partial charge in [-0.1, -0.05) is 222 Å². The van der Waals surface area contributed by atoms with Gasteiger partial charge in [-0.3, -0.25) is 12.2 Å². The van der Waals surface area contributed by atoms with E-state index in [1.807, 2.05) is 0 Å². The SMILES string of the molecule is CCCCC(C)C1[C-]=Cc2c(-c3cccc4ccccc34)cccc21.CCCCC(C)C1[C-]=Cc2c(-c3cccc4ccccc34)cccc21.C[Si](C)=[Zr+2].[Cl-].[Cl-]. The molecular formula is C52H56Cl2SiZr-2. The van der Waals surface area contributed by atoms with Crippen molar-refractivity contribution in [1.29, 1.82) is 0 Å². The van der Waals surface area contributed by atoms with Crippen LogP contribution in [0, 0.1) is 24.0 Å². The van der Waals surface area contributed by atoms with Gasteiger partial charge in [-0.15, -0.1) is 11.1 Å². The summed E-state index contributed by atoms with van der Waals surface area (Å²) in [7, 11) is 0. The average Bonchev–Trinajstić information content (AvgIpc) is 3.84. The molecule has 288 valence electrons. The van der Waals surface area contributed by atoms with Crippen molar-refractivity contribution in [2.24, 2.45) is 11.8 Å². The number of hydrogen-bond donors (Lipinski definition) is 0. The van der Waals surface area contributed by atoms with Gasteiger partial charge in [-0.05, 0) is 32.7 Å². The summed E-state index contributed by atoms with van der Waals surface area (Å²) >= 11 is 1.74. The van der Waals surface area contributed by atoms with E-state index < -0.39 is 0 Å². The standard InChI is InChI=1S/2C25H25.C2H6Si.2ClH.Zr/c2*1-3-4-9-18(2)20-16-17-25-22(20)14-8-15-24(25)23-13-7-11-19-10-5-6-12-21(19)23;1-3-2;;;/h2*5-8,10-15,17-18,20H,3-4,9H2,1-2H3;1-2H3;2*1H;/q2*-1;;;;+2/p-2. The van der Waals surface area contributed by atoms with E-state index in [2.05, 4.69) is 186 Å². The summed E-state index contributed by atoms with van der Waals surface area (Å²) in [6.45, 7) is 13.9. The van der Waals surface area contributed by atoms with Gasteiger partial charge in [0.1, 0.15) is 0 Å². The molecule has 0 saturated heterocycles. The molecule has 6 aromatic carbocycles. The van der Waals surface area contributed by atoms with Gasteiger partial charge in [0, 0.05) is 0 Å². The van der Waals surface area contributed by atoms with E-state index in [0.717, 1.165) is 0 Å². The minimum atomic E-state index is 0. The fraction of sp³-hybridized carbons (Fsp3) is 0.308. The maximum atomic E-state index is 3.66. The zero-order valence-electron chi connectivity index (χ0n) is 34.0. The Morgan fingerprint density at radius 3 is 1.25 bits per heavy atom. The first-order chi connectivity index (χ1) is 26.3. The number of hydrogen-bond acceptors (Lipinski definition) is 0. The van der Waals surface area contributed by atoms with E-state index in [1.54, 1.807) is 23.3 Å². The second-order valence-electron chi connectivity index (χ2n) is 15.5. The molecule has 0 nitrogen and oxygen atoms in total. The van der Waals surface area contributed by atoms with Gasteiger partial charge >= 0.3 is 41.9 Å². The number of fused-ring (bicyclic) bond motifs is 4. The predicted octanol–water partition coefficient (Wildman–Crippen LogP) is 9.29. The van der Waals surface area contributed by atoms with Crippen molar-refractivity contribution in [3.05, 3.63) is 156 Å². The molecule has 4 heteroatoms. The molecule has 0 spiro atoms. The summed E-state index contributed by atoms with van der Waals surface area (Å²) in [6.07, 6.45) is 19.5. The summed E-state index contributed by atoms with van der Waals surface area (Å²) < 4.78 is 0. The van der Waals surface area contributed by atoms with Gasteiger partial charge in [0.25, 0.3) is 0 Å². The Hall–Kier alpha value is -3.00. The third-order valence-corrected chi connectivity index (χ3v) is 11.1. The van der Waals surface area contributed by atoms with E-state index in [-0.39, 0.29) is 30.2 Å². The van der Waals surface area contributed by atoms with Gasteiger partial charge in [-0.2, -0.15) is 11.1 Å². The minimum absolute atomic E-state index is 0. The van der Waals surface area contributed by atoms with Crippen LogP contribution >= 0.6 is 0 Å². The van der Waals surface area contributed by atoms with Crippen LogP contribution < -0.4 is 24.8 Å². The molecule has 6 aromatic rings. The molecule has 4 atom stereocenters. The van der Waals surface area contributed by atoms with Crippen molar-refractivity contribution in [2.75, 3.05) is 0 Å². The van der Waals surface area contributed by atoms with Crippen LogP contribution in [0.15, 0.2) is 121 Å². The average molecular weight is 871 g/mol. The number of halogens is 2. The number of benzene rings is 6. The van der Waals surface area contributed by atoms with Gasteiger partial charge in [-0.25, -0.2) is 12.2 Å². The first kappa shape index (κ1) is 45.7. The van der Waals surface area contributed by atoms with E-state index in [1.165, 1.54) is 105 Å². The van der Waals surface area contributed by atoms with Crippen LogP contribution in [-0.4, -0.2) is 5.43 Å². The Kier molecular flexibility index (Phi) is 18.1. The molecule has 0 fully saturated rings. The second kappa shape index (κ2) is 22.2. The number of rotatable bonds is 10. The van der Waals surface area contributed by atoms with Crippen molar-refractivity contribution < 1.29 is 48.1 Å². The maximum absolute atomic E-state index is 3.66. The molecule has 2 aliphatic rings.